The molecule has 92 valence electrons. The Morgan fingerprint density at radius 2 is 1.88 bits per heavy atom. The zero-order valence-corrected chi connectivity index (χ0v) is 10.3. The van der Waals surface area contributed by atoms with Crippen LogP contribution in [0.5, 0.6) is 0 Å². The van der Waals surface area contributed by atoms with Gasteiger partial charge >= 0.3 is 0 Å². The molecule has 2 rings (SSSR count). The van der Waals surface area contributed by atoms with E-state index in [9.17, 15) is 4.79 Å². The van der Waals surface area contributed by atoms with Gasteiger partial charge < -0.3 is 5.32 Å². The summed E-state index contributed by atoms with van der Waals surface area (Å²) in [6.45, 7) is 2.16. The average Bonchev–Trinajstić information content (AvgIpc) is 2.39. The number of Topliss-reactive ketones (excluding diaryl/α,β-unsaturated/α-hetero) is 1. The summed E-state index contributed by atoms with van der Waals surface area (Å²) in [5, 5.41) is 3.33. The molecule has 0 aliphatic carbocycles. The zero-order chi connectivity index (χ0) is 11.9. The van der Waals surface area contributed by atoms with Crippen molar-refractivity contribution < 1.29 is 4.79 Å². The molecule has 0 unspecified atom stereocenters. The number of carbonyl (C=O) groups is 1. The van der Waals surface area contributed by atoms with Gasteiger partial charge in [0.05, 0.1) is 0 Å². The predicted molar refractivity (Wildman–Crippen MR) is 70.0 cm³/mol. The lowest BCUT2D eigenvalue weighted by Crippen LogP contribution is -2.28. The van der Waals surface area contributed by atoms with E-state index in [0.717, 1.165) is 38.8 Å². The third-order valence-corrected chi connectivity index (χ3v) is 3.51. The molecule has 1 aliphatic heterocycles. The molecule has 1 fully saturated rings. The number of carbonyl (C=O) groups excluding carboxylic acids is 1. The minimum atomic E-state index is 0.431. The fourth-order valence-electron chi connectivity index (χ4n) is 2.44. The number of hydrogen-bond acceptors (Lipinski definition) is 2. The highest BCUT2D eigenvalue weighted by Gasteiger charge is 2.16. The number of benzene rings is 1. The van der Waals surface area contributed by atoms with E-state index in [1.165, 1.54) is 5.56 Å². The van der Waals surface area contributed by atoms with Crippen LogP contribution in [0.1, 0.15) is 31.2 Å². The SMILES string of the molecule is O=C(CCc1ccccc1)CC1CCNCC1. The van der Waals surface area contributed by atoms with Gasteiger partial charge in [0.2, 0.25) is 0 Å². The van der Waals surface area contributed by atoms with Gasteiger partial charge in [0, 0.05) is 12.8 Å². The van der Waals surface area contributed by atoms with Gasteiger partial charge in [0.1, 0.15) is 5.78 Å². The highest BCUT2D eigenvalue weighted by atomic mass is 16.1. The number of rotatable bonds is 5. The van der Waals surface area contributed by atoms with Crippen molar-refractivity contribution in [2.24, 2.45) is 5.92 Å². The maximum absolute atomic E-state index is 11.9. The Morgan fingerprint density at radius 3 is 2.59 bits per heavy atom. The Hall–Kier alpha value is -1.15. The smallest absolute Gasteiger partial charge is 0.133 e. The van der Waals surface area contributed by atoms with Crippen molar-refractivity contribution in [3.63, 3.8) is 0 Å². The second-order valence-electron chi connectivity index (χ2n) is 4.92. The van der Waals surface area contributed by atoms with Crippen LogP contribution in [0, 0.1) is 5.92 Å². The van der Waals surface area contributed by atoms with Crippen molar-refractivity contribution >= 4 is 5.78 Å². The van der Waals surface area contributed by atoms with Crippen molar-refractivity contribution in [2.75, 3.05) is 13.1 Å². The standard InChI is InChI=1S/C15H21NO/c17-15(12-14-8-10-16-11-9-14)7-6-13-4-2-1-3-5-13/h1-5,14,16H,6-12H2. The quantitative estimate of drug-likeness (QED) is 0.844. The molecule has 0 saturated carbocycles. The van der Waals surface area contributed by atoms with Crippen LogP contribution in [0.25, 0.3) is 0 Å². The molecule has 1 heterocycles. The van der Waals surface area contributed by atoms with Crippen LogP contribution in [0.3, 0.4) is 0 Å². The van der Waals surface area contributed by atoms with Gasteiger partial charge in [-0.15, -0.1) is 0 Å². The first-order chi connectivity index (χ1) is 8.34. The summed E-state index contributed by atoms with van der Waals surface area (Å²) in [6, 6.07) is 10.3. The fourth-order valence-corrected chi connectivity index (χ4v) is 2.44. The Kier molecular flexibility index (Phi) is 4.75. The summed E-state index contributed by atoms with van der Waals surface area (Å²) in [5.74, 6) is 1.06. The molecule has 0 bridgehead atoms. The van der Waals surface area contributed by atoms with Crippen molar-refractivity contribution in [3.8, 4) is 0 Å². The number of nitrogens with one attached hydrogen (secondary N) is 1. The summed E-state index contributed by atoms with van der Waals surface area (Å²) in [4.78, 5) is 11.9. The Balaban J connectivity index is 1.70. The number of hydrogen-bond donors (Lipinski definition) is 1. The molecule has 1 N–H and O–H groups in total. The van der Waals surface area contributed by atoms with E-state index in [4.69, 9.17) is 0 Å². The highest BCUT2D eigenvalue weighted by molar-refractivity contribution is 5.78. The molecule has 1 aromatic carbocycles. The summed E-state index contributed by atoms with van der Waals surface area (Å²) >= 11 is 0. The van der Waals surface area contributed by atoms with Gasteiger partial charge in [-0.25, -0.2) is 0 Å². The third kappa shape index (κ3) is 4.31. The van der Waals surface area contributed by atoms with E-state index in [2.05, 4.69) is 17.4 Å². The van der Waals surface area contributed by atoms with Gasteiger partial charge in [0.25, 0.3) is 0 Å². The maximum Gasteiger partial charge on any atom is 0.133 e. The summed E-state index contributed by atoms with van der Waals surface area (Å²) in [5.41, 5.74) is 1.27. The van der Waals surface area contributed by atoms with Gasteiger partial charge in [-0.05, 0) is 43.8 Å². The molecule has 0 amide bonds. The lowest BCUT2D eigenvalue weighted by Gasteiger charge is -2.21. The topological polar surface area (TPSA) is 29.1 Å². The zero-order valence-electron chi connectivity index (χ0n) is 10.3. The van der Waals surface area contributed by atoms with Gasteiger partial charge in [-0.2, -0.15) is 0 Å². The number of aryl methyl sites for hydroxylation is 1. The maximum atomic E-state index is 11.9. The molecular formula is C15H21NO. The lowest BCUT2D eigenvalue weighted by atomic mass is 9.91. The molecule has 1 aromatic rings. The van der Waals surface area contributed by atoms with Crippen LogP contribution in [-0.2, 0) is 11.2 Å². The van der Waals surface area contributed by atoms with Gasteiger partial charge in [0.15, 0.2) is 0 Å². The molecular weight excluding hydrogens is 210 g/mol. The molecule has 17 heavy (non-hydrogen) atoms. The van der Waals surface area contributed by atoms with E-state index in [-0.39, 0.29) is 0 Å². The monoisotopic (exact) mass is 231 g/mol. The minimum Gasteiger partial charge on any atom is -0.317 e. The first kappa shape index (κ1) is 12.3. The number of ketones is 1. The van der Waals surface area contributed by atoms with E-state index in [1.54, 1.807) is 0 Å². The van der Waals surface area contributed by atoms with Crippen LogP contribution in [0.4, 0.5) is 0 Å². The van der Waals surface area contributed by atoms with Crippen molar-refractivity contribution in [1.82, 2.24) is 5.32 Å². The second kappa shape index (κ2) is 6.55. The molecule has 2 heteroatoms. The van der Waals surface area contributed by atoms with Crippen LogP contribution in [-0.4, -0.2) is 18.9 Å². The molecule has 2 nitrogen and oxygen atoms in total. The van der Waals surface area contributed by atoms with Crippen molar-refractivity contribution in [1.29, 1.82) is 0 Å². The minimum absolute atomic E-state index is 0.431. The Morgan fingerprint density at radius 1 is 1.18 bits per heavy atom. The highest BCUT2D eigenvalue weighted by Crippen LogP contribution is 2.17. The first-order valence-electron chi connectivity index (χ1n) is 6.61. The molecule has 0 atom stereocenters. The van der Waals surface area contributed by atoms with Crippen LogP contribution >= 0.6 is 0 Å². The number of piperidine rings is 1. The Bertz CT molecular complexity index is 341. The molecule has 1 aliphatic rings. The van der Waals surface area contributed by atoms with E-state index < -0.39 is 0 Å². The third-order valence-electron chi connectivity index (χ3n) is 3.51. The molecule has 1 saturated heterocycles. The fraction of sp³-hybridized carbons (Fsp3) is 0.533. The van der Waals surface area contributed by atoms with Gasteiger partial charge in [-0.3, -0.25) is 4.79 Å². The molecule has 0 radical (unpaired) electrons. The largest absolute Gasteiger partial charge is 0.317 e. The average molecular weight is 231 g/mol. The summed E-state index contributed by atoms with van der Waals surface area (Å²) in [7, 11) is 0. The van der Waals surface area contributed by atoms with E-state index >= 15 is 0 Å². The predicted octanol–water partition coefficient (Wildman–Crippen LogP) is 2.58. The summed E-state index contributed by atoms with van der Waals surface area (Å²) in [6.07, 6.45) is 4.71. The first-order valence-corrected chi connectivity index (χ1v) is 6.61. The van der Waals surface area contributed by atoms with Crippen LogP contribution in [0.2, 0.25) is 0 Å². The molecule has 0 aromatic heterocycles. The second-order valence-corrected chi connectivity index (χ2v) is 4.92. The van der Waals surface area contributed by atoms with Crippen LogP contribution in [0.15, 0.2) is 30.3 Å². The molecule has 0 spiro atoms. The lowest BCUT2D eigenvalue weighted by molar-refractivity contribution is -0.120. The van der Waals surface area contributed by atoms with Crippen LogP contribution < -0.4 is 5.32 Å². The van der Waals surface area contributed by atoms with Gasteiger partial charge in [-0.1, -0.05) is 30.3 Å². The summed E-state index contributed by atoms with van der Waals surface area (Å²) < 4.78 is 0. The van der Waals surface area contributed by atoms with E-state index in [0.29, 0.717) is 18.1 Å². The normalized spacial score (nSPS) is 16.9. The van der Waals surface area contributed by atoms with Crippen molar-refractivity contribution in [2.45, 2.75) is 32.1 Å². The van der Waals surface area contributed by atoms with Crippen molar-refractivity contribution in [3.05, 3.63) is 35.9 Å². The Labute approximate surface area is 103 Å². The van der Waals surface area contributed by atoms with E-state index in [1.807, 2.05) is 18.2 Å².